The van der Waals surface area contributed by atoms with Gasteiger partial charge in [0.1, 0.15) is 11.4 Å². The minimum Gasteiger partial charge on any atom is -0.507 e. The summed E-state index contributed by atoms with van der Waals surface area (Å²) in [5.74, 6) is -0.798. The zero-order valence-electron chi connectivity index (χ0n) is 10.9. The molecule has 0 atom stereocenters. The summed E-state index contributed by atoms with van der Waals surface area (Å²) in [6, 6.07) is 6.50. The highest BCUT2D eigenvalue weighted by atomic mass is 19.4. The topological polar surface area (TPSA) is 62.2 Å². The molecule has 0 aliphatic rings. The Morgan fingerprint density at radius 2 is 1.95 bits per heavy atom. The van der Waals surface area contributed by atoms with Crippen molar-refractivity contribution in [3.63, 3.8) is 0 Å². The van der Waals surface area contributed by atoms with E-state index in [0.29, 0.717) is 5.56 Å². The molecule has 110 valence electrons. The van der Waals surface area contributed by atoms with Gasteiger partial charge in [0.15, 0.2) is 0 Å². The van der Waals surface area contributed by atoms with Gasteiger partial charge in [0.05, 0.1) is 17.4 Å². The van der Waals surface area contributed by atoms with Crippen molar-refractivity contribution in [2.75, 3.05) is 5.32 Å². The summed E-state index contributed by atoms with van der Waals surface area (Å²) in [5.41, 5.74) is -0.379. The number of phenols is 1. The van der Waals surface area contributed by atoms with Gasteiger partial charge in [-0.2, -0.15) is 13.2 Å². The van der Waals surface area contributed by atoms with E-state index >= 15 is 0 Å². The first-order chi connectivity index (χ1) is 9.79. The van der Waals surface area contributed by atoms with Gasteiger partial charge in [-0.25, -0.2) is 4.98 Å². The Labute approximate surface area is 118 Å². The number of aryl methyl sites for hydroxylation is 1. The van der Waals surface area contributed by atoms with E-state index in [1.807, 2.05) is 0 Å². The van der Waals surface area contributed by atoms with Crippen molar-refractivity contribution in [2.45, 2.75) is 13.1 Å². The Morgan fingerprint density at radius 1 is 1.24 bits per heavy atom. The Balaban J connectivity index is 2.18. The number of benzene rings is 1. The van der Waals surface area contributed by atoms with Crippen LogP contribution in [0.5, 0.6) is 5.75 Å². The molecule has 2 aromatic rings. The van der Waals surface area contributed by atoms with E-state index in [4.69, 9.17) is 0 Å². The van der Waals surface area contributed by atoms with Gasteiger partial charge in [-0.05, 0) is 30.7 Å². The van der Waals surface area contributed by atoms with Crippen molar-refractivity contribution < 1.29 is 23.1 Å². The van der Waals surface area contributed by atoms with Crippen molar-refractivity contribution in [1.29, 1.82) is 0 Å². The minimum absolute atomic E-state index is 0.0369. The third kappa shape index (κ3) is 3.31. The lowest BCUT2D eigenvalue weighted by molar-refractivity contribution is -0.141. The molecule has 0 radical (unpaired) electrons. The molecule has 0 unspecified atom stereocenters. The number of amides is 1. The Morgan fingerprint density at radius 3 is 2.52 bits per heavy atom. The predicted molar refractivity (Wildman–Crippen MR) is 70.0 cm³/mol. The lowest BCUT2D eigenvalue weighted by Gasteiger charge is -2.09. The molecule has 0 saturated carbocycles. The highest BCUT2D eigenvalue weighted by Crippen LogP contribution is 2.28. The van der Waals surface area contributed by atoms with E-state index in [9.17, 15) is 23.1 Å². The van der Waals surface area contributed by atoms with Gasteiger partial charge >= 0.3 is 6.18 Å². The van der Waals surface area contributed by atoms with E-state index in [-0.39, 0.29) is 17.0 Å². The van der Waals surface area contributed by atoms with Crippen LogP contribution in [0.2, 0.25) is 0 Å². The molecule has 4 nitrogen and oxygen atoms in total. The average Bonchev–Trinajstić information content (AvgIpc) is 2.41. The third-order valence-corrected chi connectivity index (χ3v) is 2.79. The number of aromatic nitrogens is 1. The molecular formula is C14H11F3N2O2. The fourth-order valence-corrected chi connectivity index (χ4v) is 1.68. The quantitative estimate of drug-likeness (QED) is 0.893. The normalized spacial score (nSPS) is 11.2. The highest BCUT2D eigenvalue weighted by molar-refractivity contribution is 6.06. The number of hydrogen-bond acceptors (Lipinski definition) is 3. The van der Waals surface area contributed by atoms with Gasteiger partial charge in [-0.1, -0.05) is 12.1 Å². The molecule has 0 aliphatic carbocycles. The summed E-state index contributed by atoms with van der Waals surface area (Å²) in [4.78, 5) is 15.2. The van der Waals surface area contributed by atoms with Crippen LogP contribution in [-0.2, 0) is 6.18 Å². The van der Waals surface area contributed by atoms with Gasteiger partial charge in [0, 0.05) is 0 Å². The fourth-order valence-electron chi connectivity index (χ4n) is 1.68. The van der Waals surface area contributed by atoms with Crippen LogP contribution in [0.4, 0.5) is 18.9 Å². The first-order valence-electron chi connectivity index (χ1n) is 5.92. The number of anilines is 1. The third-order valence-electron chi connectivity index (χ3n) is 2.79. The molecule has 2 rings (SSSR count). The van der Waals surface area contributed by atoms with Crippen LogP contribution in [-0.4, -0.2) is 16.0 Å². The van der Waals surface area contributed by atoms with E-state index in [1.54, 1.807) is 19.1 Å². The van der Waals surface area contributed by atoms with Gasteiger partial charge in [0.25, 0.3) is 5.91 Å². The maximum Gasteiger partial charge on any atom is 0.433 e. The SMILES string of the molecule is Cc1cccc(C(=O)Nc2ccc(C(F)(F)F)nc2)c1O. The molecule has 1 amide bonds. The predicted octanol–water partition coefficient (Wildman–Crippen LogP) is 3.37. The van der Waals surface area contributed by atoms with Crippen molar-refractivity contribution in [2.24, 2.45) is 0 Å². The molecule has 2 N–H and O–H groups in total. The molecule has 0 saturated heterocycles. The van der Waals surface area contributed by atoms with Gasteiger partial charge in [0.2, 0.25) is 0 Å². The van der Waals surface area contributed by atoms with Gasteiger partial charge in [-0.3, -0.25) is 4.79 Å². The maximum atomic E-state index is 12.4. The lowest BCUT2D eigenvalue weighted by atomic mass is 10.1. The number of carbonyl (C=O) groups is 1. The van der Waals surface area contributed by atoms with Crippen LogP contribution in [0.1, 0.15) is 21.6 Å². The van der Waals surface area contributed by atoms with E-state index in [1.165, 1.54) is 6.07 Å². The zero-order valence-corrected chi connectivity index (χ0v) is 10.9. The molecule has 1 heterocycles. The summed E-state index contributed by atoms with van der Waals surface area (Å²) < 4.78 is 37.1. The number of nitrogens with one attached hydrogen (secondary N) is 1. The monoisotopic (exact) mass is 296 g/mol. The number of halogens is 3. The standard InChI is InChI=1S/C14H11F3N2O2/c1-8-3-2-4-10(12(8)20)13(21)19-9-5-6-11(18-7-9)14(15,16)17/h2-7,20H,1H3,(H,19,21). The van der Waals surface area contributed by atoms with Crippen LogP contribution in [0.3, 0.4) is 0 Å². The molecule has 7 heteroatoms. The molecule has 0 spiro atoms. The van der Waals surface area contributed by atoms with E-state index < -0.39 is 17.8 Å². The molecule has 0 aliphatic heterocycles. The Bertz CT molecular complexity index is 667. The van der Waals surface area contributed by atoms with Gasteiger partial charge < -0.3 is 10.4 Å². The maximum absolute atomic E-state index is 12.4. The lowest BCUT2D eigenvalue weighted by Crippen LogP contribution is -2.13. The van der Waals surface area contributed by atoms with Gasteiger partial charge in [-0.15, -0.1) is 0 Å². The first kappa shape index (κ1) is 14.8. The van der Waals surface area contributed by atoms with Crippen molar-refractivity contribution in [1.82, 2.24) is 4.98 Å². The van der Waals surface area contributed by atoms with Crippen molar-refractivity contribution in [3.8, 4) is 5.75 Å². The second kappa shape index (κ2) is 5.43. The number of para-hydroxylation sites is 1. The summed E-state index contributed by atoms with van der Waals surface area (Å²) in [7, 11) is 0. The number of pyridine rings is 1. The van der Waals surface area contributed by atoms with Crippen molar-refractivity contribution in [3.05, 3.63) is 53.3 Å². The van der Waals surface area contributed by atoms with E-state index in [0.717, 1.165) is 18.3 Å². The zero-order chi connectivity index (χ0) is 15.6. The van der Waals surface area contributed by atoms with Crippen LogP contribution in [0.15, 0.2) is 36.5 Å². The molecule has 0 fully saturated rings. The highest BCUT2D eigenvalue weighted by Gasteiger charge is 2.32. The summed E-state index contributed by atoms with van der Waals surface area (Å²) in [5, 5.41) is 12.1. The summed E-state index contributed by atoms with van der Waals surface area (Å²) >= 11 is 0. The summed E-state index contributed by atoms with van der Waals surface area (Å²) in [6.45, 7) is 1.63. The van der Waals surface area contributed by atoms with Crippen LogP contribution < -0.4 is 5.32 Å². The fraction of sp³-hybridized carbons (Fsp3) is 0.143. The number of aromatic hydroxyl groups is 1. The van der Waals surface area contributed by atoms with Crippen LogP contribution in [0.25, 0.3) is 0 Å². The molecule has 1 aromatic carbocycles. The number of nitrogens with zero attached hydrogens (tertiary/aromatic N) is 1. The van der Waals surface area contributed by atoms with Crippen LogP contribution >= 0.6 is 0 Å². The molecular weight excluding hydrogens is 285 g/mol. The Hall–Kier alpha value is -2.57. The second-order valence-corrected chi connectivity index (χ2v) is 4.36. The number of phenolic OH excluding ortho intramolecular Hbond substituents is 1. The van der Waals surface area contributed by atoms with Crippen molar-refractivity contribution >= 4 is 11.6 Å². The number of carbonyl (C=O) groups excluding carboxylic acids is 1. The first-order valence-corrected chi connectivity index (χ1v) is 5.92. The largest absolute Gasteiger partial charge is 0.507 e. The average molecular weight is 296 g/mol. The number of hydrogen-bond donors (Lipinski definition) is 2. The summed E-state index contributed by atoms with van der Waals surface area (Å²) in [6.07, 6.45) is -3.62. The molecule has 1 aromatic heterocycles. The minimum atomic E-state index is -4.53. The Kier molecular flexibility index (Phi) is 3.84. The second-order valence-electron chi connectivity index (χ2n) is 4.36. The van der Waals surface area contributed by atoms with Crippen LogP contribution in [0, 0.1) is 6.92 Å². The van der Waals surface area contributed by atoms with E-state index in [2.05, 4.69) is 10.3 Å². The number of rotatable bonds is 2. The molecule has 21 heavy (non-hydrogen) atoms. The number of alkyl halides is 3. The molecule has 0 bridgehead atoms. The smallest absolute Gasteiger partial charge is 0.433 e.